The number of nitrogens with zero attached hydrogens (tertiary/aromatic N) is 3. The minimum absolute atomic E-state index is 0.584. The van der Waals surface area contributed by atoms with Crippen LogP contribution in [0.25, 0.3) is 11.1 Å². The largest absolute Gasteiger partial charge is 0.382 e. The Morgan fingerprint density at radius 1 is 0.893 bits per heavy atom. The van der Waals surface area contributed by atoms with Crippen LogP contribution in [0.3, 0.4) is 0 Å². The van der Waals surface area contributed by atoms with Crippen molar-refractivity contribution < 1.29 is 5.11 Å². The molecule has 136 valence electrons. The summed E-state index contributed by atoms with van der Waals surface area (Å²) in [6.07, 6.45) is 2.65. The van der Waals surface area contributed by atoms with Crippen LogP contribution in [-0.2, 0) is 6.54 Å². The van der Waals surface area contributed by atoms with E-state index in [4.69, 9.17) is 5.26 Å². The van der Waals surface area contributed by atoms with Gasteiger partial charge in [0.25, 0.3) is 0 Å². The van der Waals surface area contributed by atoms with Crippen LogP contribution in [0.1, 0.15) is 28.5 Å². The molecule has 1 heterocycles. The third kappa shape index (κ3) is 3.71. The van der Waals surface area contributed by atoms with Crippen molar-refractivity contribution in [3.8, 4) is 17.2 Å². The normalized spacial score (nSPS) is 11.7. The van der Waals surface area contributed by atoms with Gasteiger partial charge in [-0.15, -0.1) is 0 Å². The SMILES string of the molecule is N#Cc1ccc(Cn2cncc2C(O)c2ccc(-c3ccccc3)cc2)cc1. The van der Waals surface area contributed by atoms with E-state index in [0.717, 1.165) is 27.9 Å². The lowest BCUT2D eigenvalue weighted by Gasteiger charge is -2.15. The summed E-state index contributed by atoms with van der Waals surface area (Å²) in [5.74, 6) is 0. The molecule has 0 saturated heterocycles. The molecule has 1 atom stereocenters. The maximum absolute atomic E-state index is 10.9. The minimum Gasteiger partial charge on any atom is -0.382 e. The molecule has 0 spiro atoms. The molecular weight excluding hydrogens is 346 g/mol. The highest BCUT2D eigenvalue weighted by atomic mass is 16.3. The summed E-state index contributed by atoms with van der Waals surface area (Å²) >= 11 is 0. The number of imidazole rings is 1. The number of aliphatic hydroxyl groups is 1. The number of aliphatic hydroxyl groups excluding tert-OH is 1. The molecule has 4 heteroatoms. The predicted octanol–water partition coefficient (Wildman–Crippen LogP) is 4.55. The van der Waals surface area contributed by atoms with Crippen LogP contribution >= 0.6 is 0 Å². The maximum atomic E-state index is 10.9. The first kappa shape index (κ1) is 17.7. The van der Waals surface area contributed by atoms with Gasteiger partial charge in [0, 0.05) is 6.54 Å². The first-order valence-corrected chi connectivity index (χ1v) is 9.07. The summed E-state index contributed by atoms with van der Waals surface area (Å²) < 4.78 is 1.93. The summed E-state index contributed by atoms with van der Waals surface area (Å²) in [6.45, 7) is 0.584. The average molecular weight is 365 g/mol. The topological polar surface area (TPSA) is 61.8 Å². The van der Waals surface area contributed by atoms with E-state index >= 15 is 0 Å². The van der Waals surface area contributed by atoms with Gasteiger partial charge < -0.3 is 9.67 Å². The van der Waals surface area contributed by atoms with Crippen molar-refractivity contribution in [2.45, 2.75) is 12.6 Å². The monoisotopic (exact) mass is 365 g/mol. The molecule has 0 amide bonds. The van der Waals surface area contributed by atoms with Crippen molar-refractivity contribution in [2.24, 2.45) is 0 Å². The number of rotatable bonds is 5. The molecule has 0 aliphatic rings. The van der Waals surface area contributed by atoms with Crippen molar-refractivity contribution >= 4 is 0 Å². The van der Waals surface area contributed by atoms with Gasteiger partial charge in [0.15, 0.2) is 0 Å². The van der Waals surface area contributed by atoms with Crippen LogP contribution in [-0.4, -0.2) is 14.7 Å². The molecule has 1 unspecified atom stereocenters. The van der Waals surface area contributed by atoms with Crippen LogP contribution in [0.5, 0.6) is 0 Å². The van der Waals surface area contributed by atoms with Crippen LogP contribution < -0.4 is 0 Å². The van der Waals surface area contributed by atoms with Crippen LogP contribution in [0.15, 0.2) is 91.4 Å². The zero-order valence-electron chi connectivity index (χ0n) is 15.2. The van der Waals surface area contributed by atoms with E-state index in [1.165, 1.54) is 0 Å². The third-order valence-electron chi connectivity index (χ3n) is 4.79. The van der Waals surface area contributed by atoms with Crippen LogP contribution in [0, 0.1) is 11.3 Å². The maximum Gasteiger partial charge on any atom is 0.121 e. The molecule has 1 N–H and O–H groups in total. The Hall–Kier alpha value is -3.68. The van der Waals surface area contributed by atoms with E-state index in [1.807, 2.05) is 59.2 Å². The van der Waals surface area contributed by atoms with Crippen LogP contribution in [0.2, 0.25) is 0 Å². The molecule has 0 fully saturated rings. The van der Waals surface area contributed by atoms with Gasteiger partial charge in [-0.05, 0) is 34.4 Å². The van der Waals surface area contributed by atoms with Gasteiger partial charge in [0.05, 0.1) is 29.9 Å². The fraction of sp³-hybridized carbons (Fsp3) is 0.0833. The Balaban J connectivity index is 1.55. The quantitative estimate of drug-likeness (QED) is 0.564. The van der Waals surface area contributed by atoms with Gasteiger partial charge in [-0.2, -0.15) is 5.26 Å². The van der Waals surface area contributed by atoms with E-state index in [9.17, 15) is 5.11 Å². The zero-order valence-corrected chi connectivity index (χ0v) is 15.2. The van der Waals surface area contributed by atoms with Crippen molar-refractivity contribution in [3.05, 3.63) is 114 Å². The molecule has 0 aliphatic heterocycles. The molecule has 4 aromatic rings. The van der Waals surface area contributed by atoms with Gasteiger partial charge in [-0.3, -0.25) is 0 Å². The summed E-state index contributed by atoms with van der Waals surface area (Å²) in [6, 6.07) is 27.7. The number of aromatic nitrogens is 2. The molecule has 3 aromatic carbocycles. The Morgan fingerprint density at radius 2 is 1.57 bits per heavy atom. The fourth-order valence-electron chi connectivity index (χ4n) is 3.23. The Labute approximate surface area is 164 Å². The van der Waals surface area contributed by atoms with E-state index in [2.05, 4.69) is 23.2 Å². The predicted molar refractivity (Wildman–Crippen MR) is 108 cm³/mol. The first-order valence-electron chi connectivity index (χ1n) is 9.07. The van der Waals surface area contributed by atoms with Crippen molar-refractivity contribution in [1.82, 2.24) is 9.55 Å². The first-order chi connectivity index (χ1) is 13.7. The second-order valence-corrected chi connectivity index (χ2v) is 6.65. The molecule has 0 aliphatic carbocycles. The standard InChI is InChI=1S/C24H19N3O/c25-14-18-6-8-19(9-7-18)16-27-17-26-15-23(27)24(28)22-12-10-21(11-13-22)20-4-2-1-3-5-20/h1-13,15,17,24,28H,16H2. The number of nitriles is 1. The fourth-order valence-corrected chi connectivity index (χ4v) is 3.23. The lowest BCUT2D eigenvalue weighted by atomic mass is 10.0. The van der Waals surface area contributed by atoms with Gasteiger partial charge >= 0.3 is 0 Å². The number of hydrogen-bond donors (Lipinski definition) is 1. The van der Waals surface area contributed by atoms with E-state index in [0.29, 0.717) is 12.1 Å². The van der Waals surface area contributed by atoms with E-state index in [1.54, 1.807) is 24.7 Å². The van der Waals surface area contributed by atoms with Crippen molar-refractivity contribution in [1.29, 1.82) is 5.26 Å². The highest BCUT2D eigenvalue weighted by Crippen LogP contribution is 2.26. The minimum atomic E-state index is -0.759. The van der Waals surface area contributed by atoms with Gasteiger partial charge in [0.2, 0.25) is 0 Å². The second-order valence-electron chi connectivity index (χ2n) is 6.65. The Bertz CT molecular complexity index is 1090. The molecule has 0 bridgehead atoms. The zero-order chi connectivity index (χ0) is 19.3. The summed E-state index contributed by atoms with van der Waals surface area (Å²) in [5.41, 5.74) is 5.49. The summed E-state index contributed by atoms with van der Waals surface area (Å²) in [7, 11) is 0. The lowest BCUT2D eigenvalue weighted by Crippen LogP contribution is -2.09. The smallest absolute Gasteiger partial charge is 0.121 e. The molecule has 0 radical (unpaired) electrons. The third-order valence-corrected chi connectivity index (χ3v) is 4.79. The van der Waals surface area contributed by atoms with Crippen molar-refractivity contribution in [2.75, 3.05) is 0 Å². The molecular formula is C24H19N3O. The highest BCUT2D eigenvalue weighted by Gasteiger charge is 2.15. The van der Waals surface area contributed by atoms with E-state index in [-0.39, 0.29) is 0 Å². The number of benzene rings is 3. The molecule has 1 aromatic heterocycles. The highest BCUT2D eigenvalue weighted by molar-refractivity contribution is 5.63. The Kier molecular flexibility index (Phi) is 5.01. The number of hydrogen-bond acceptors (Lipinski definition) is 3. The molecule has 0 saturated carbocycles. The van der Waals surface area contributed by atoms with Crippen molar-refractivity contribution in [3.63, 3.8) is 0 Å². The molecule has 28 heavy (non-hydrogen) atoms. The van der Waals surface area contributed by atoms with Gasteiger partial charge in [0.1, 0.15) is 6.10 Å². The molecule has 4 rings (SSSR count). The lowest BCUT2D eigenvalue weighted by molar-refractivity contribution is 0.210. The van der Waals surface area contributed by atoms with Crippen LogP contribution in [0.4, 0.5) is 0 Å². The molecule has 4 nitrogen and oxygen atoms in total. The van der Waals surface area contributed by atoms with Gasteiger partial charge in [-0.25, -0.2) is 4.98 Å². The van der Waals surface area contributed by atoms with Gasteiger partial charge in [-0.1, -0.05) is 66.7 Å². The average Bonchev–Trinajstić information content (AvgIpc) is 3.22. The summed E-state index contributed by atoms with van der Waals surface area (Å²) in [5, 5.41) is 19.8. The second kappa shape index (κ2) is 7.91. The van der Waals surface area contributed by atoms with E-state index < -0.39 is 6.10 Å². The summed E-state index contributed by atoms with van der Waals surface area (Å²) in [4.78, 5) is 4.21. The Morgan fingerprint density at radius 3 is 2.25 bits per heavy atom.